The molecule has 3 N–H and O–H groups in total. The van der Waals surface area contributed by atoms with Crippen molar-refractivity contribution in [2.45, 2.75) is 6.92 Å². The van der Waals surface area contributed by atoms with Gasteiger partial charge >= 0.3 is 0 Å². The van der Waals surface area contributed by atoms with Gasteiger partial charge in [-0.1, -0.05) is 0 Å². The van der Waals surface area contributed by atoms with Gasteiger partial charge in [0.1, 0.15) is 11.5 Å². The molecule has 0 atom stereocenters. The zero-order valence-electron chi connectivity index (χ0n) is 20.2. The number of aromatic amines is 2. The molecule has 5 heterocycles. The summed E-state index contributed by atoms with van der Waals surface area (Å²) in [6.45, 7) is 4.93. The molecule has 1 aliphatic heterocycles. The number of ether oxygens (including phenoxy) is 1. The fourth-order valence-corrected chi connectivity index (χ4v) is 4.30. The minimum atomic E-state index is -0.837. The van der Waals surface area contributed by atoms with Gasteiger partial charge in [-0.3, -0.25) is 5.10 Å². The highest BCUT2D eigenvalue weighted by Crippen LogP contribution is 2.34. The molecule has 0 aliphatic carbocycles. The molecule has 0 saturated carbocycles. The van der Waals surface area contributed by atoms with Crippen molar-refractivity contribution in [3.05, 3.63) is 60.0 Å². The second-order valence-electron chi connectivity index (χ2n) is 8.96. The summed E-state index contributed by atoms with van der Waals surface area (Å²) in [5, 5.41) is 10.4. The van der Waals surface area contributed by atoms with Crippen LogP contribution < -0.4 is 15.0 Å². The predicted octanol–water partition coefficient (Wildman–Crippen LogP) is 4.82. The highest BCUT2D eigenvalue weighted by Gasteiger charge is 2.22. The number of nitrogens with one attached hydrogen (secondary N) is 3. The summed E-state index contributed by atoms with van der Waals surface area (Å²) in [6, 6.07) is 9.73. The molecule has 1 fully saturated rings. The van der Waals surface area contributed by atoms with Crippen molar-refractivity contribution in [1.29, 1.82) is 0 Å². The molecule has 0 spiro atoms. The third-order valence-corrected chi connectivity index (χ3v) is 6.23. The maximum atomic E-state index is 15.2. The second-order valence-corrected chi connectivity index (χ2v) is 8.96. The van der Waals surface area contributed by atoms with E-state index < -0.39 is 17.4 Å². The normalized spacial score (nSPS) is 14.4. The minimum Gasteiger partial charge on any atom is -0.463 e. The number of halogens is 2. The van der Waals surface area contributed by atoms with E-state index in [0.29, 0.717) is 34.3 Å². The number of anilines is 3. The molecule has 1 aliphatic rings. The Hall–Kier alpha value is -4.45. The fourth-order valence-electron chi connectivity index (χ4n) is 4.30. The number of piperazine rings is 1. The highest BCUT2D eigenvalue weighted by molar-refractivity contribution is 5.83. The third-order valence-electron chi connectivity index (χ3n) is 6.23. The van der Waals surface area contributed by atoms with Crippen molar-refractivity contribution in [2.75, 3.05) is 43.4 Å². The maximum Gasteiger partial charge on any atom is 0.233 e. The van der Waals surface area contributed by atoms with Gasteiger partial charge in [-0.25, -0.2) is 8.78 Å². The average molecular weight is 507 g/mol. The van der Waals surface area contributed by atoms with Crippen molar-refractivity contribution < 1.29 is 17.9 Å². The molecule has 1 aromatic carbocycles. The Morgan fingerprint density at radius 3 is 2.70 bits per heavy atom. The first-order chi connectivity index (χ1) is 17.9. The lowest BCUT2D eigenvalue weighted by atomic mass is 10.2. The van der Waals surface area contributed by atoms with E-state index in [1.807, 2.05) is 0 Å². The van der Waals surface area contributed by atoms with Gasteiger partial charge in [0.05, 0.1) is 11.8 Å². The number of aryl methyl sites for hydroxylation is 1. The van der Waals surface area contributed by atoms with Crippen LogP contribution in [0.25, 0.3) is 22.4 Å². The van der Waals surface area contributed by atoms with Gasteiger partial charge in [0, 0.05) is 55.5 Å². The monoisotopic (exact) mass is 506 g/mol. The second kappa shape index (κ2) is 9.21. The van der Waals surface area contributed by atoms with E-state index in [-0.39, 0.29) is 17.2 Å². The lowest BCUT2D eigenvalue weighted by Gasteiger charge is -2.33. The number of furan rings is 1. The minimum absolute atomic E-state index is 0.00219. The number of rotatable bonds is 6. The van der Waals surface area contributed by atoms with Crippen LogP contribution >= 0.6 is 0 Å². The Kier molecular flexibility index (Phi) is 5.72. The van der Waals surface area contributed by atoms with Crippen LogP contribution in [0.15, 0.2) is 47.1 Å². The molecule has 190 valence electrons. The Morgan fingerprint density at radius 1 is 1.08 bits per heavy atom. The number of fused-ring (bicyclic) bond motifs is 1. The van der Waals surface area contributed by atoms with Crippen LogP contribution in [0.2, 0.25) is 0 Å². The van der Waals surface area contributed by atoms with E-state index in [4.69, 9.17) is 9.15 Å². The van der Waals surface area contributed by atoms with Gasteiger partial charge in [0.25, 0.3) is 0 Å². The molecular weight excluding hydrogens is 482 g/mol. The van der Waals surface area contributed by atoms with Crippen LogP contribution in [0.4, 0.5) is 26.4 Å². The molecule has 37 heavy (non-hydrogen) atoms. The maximum absolute atomic E-state index is 15.2. The lowest BCUT2D eigenvalue weighted by molar-refractivity contribution is 0.312. The smallest absolute Gasteiger partial charge is 0.233 e. The molecule has 1 saturated heterocycles. The quantitative estimate of drug-likeness (QED) is 0.301. The molecule has 0 unspecified atom stereocenters. The third kappa shape index (κ3) is 4.58. The predicted molar refractivity (Wildman–Crippen MR) is 134 cm³/mol. The van der Waals surface area contributed by atoms with Crippen LogP contribution in [0.5, 0.6) is 11.6 Å². The molecule has 4 aromatic heterocycles. The summed E-state index contributed by atoms with van der Waals surface area (Å²) in [4.78, 5) is 16.2. The number of H-pyrrole nitrogens is 2. The first-order valence-corrected chi connectivity index (χ1v) is 11.8. The largest absolute Gasteiger partial charge is 0.463 e. The molecule has 10 nitrogen and oxygen atoms in total. The van der Waals surface area contributed by atoms with E-state index in [9.17, 15) is 4.39 Å². The van der Waals surface area contributed by atoms with Gasteiger partial charge in [-0.2, -0.15) is 15.1 Å². The van der Waals surface area contributed by atoms with E-state index >= 15 is 4.39 Å². The summed E-state index contributed by atoms with van der Waals surface area (Å²) in [5.41, 5.74) is 1.73. The number of aromatic nitrogens is 5. The Morgan fingerprint density at radius 2 is 1.92 bits per heavy atom. The first-order valence-electron chi connectivity index (χ1n) is 11.8. The standard InChI is InChI=1S/C25H24F2N8O2/c1-14-10-15-17(28-14)11-16(26)24(23(15)27)37-22-13-21(35-7-5-34(2)6-8-35)30-25(31-22)29-20-12-18(32-33-20)19-4-3-9-36-19/h3-4,9-13,28H,5-8H2,1-2H3,(H2,29,30,31,32,33). The van der Waals surface area contributed by atoms with Crippen LogP contribution in [0.1, 0.15) is 5.69 Å². The molecular formula is C25H24F2N8O2. The first kappa shape index (κ1) is 23.0. The molecule has 12 heteroatoms. The number of likely N-dealkylation sites (N-methyl/N-ethyl adjacent to an activating group) is 1. The molecule has 0 bridgehead atoms. The van der Waals surface area contributed by atoms with Crippen molar-refractivity contribution in [1.82, 2.24) is 30.0 Å². The zero-order chi connectivity index (χ0) is 25.5. The van der Waals surface area contributed by atoms with Gasteiger partial charge in [-0.05, 0) is 32.2 Å². The molecule has 5 aromatic rings. The summed E-state index contributed by atoms with van der Waals surface area (Å²) >= 11 is 0. The summed E-state index contributed by atoms with van der Waals surface area (Å²) in [5.74, 6) is -0.365. The highest BCUT2D eigenvalue weighted by atomic mass is 19.1. The average Bonchev–Trinajstić information content (AvgIpc) is 3.63. The Bertz CT molecular complexity index is 1550. The summed E-state index contributed by atoms with van der Waals surface area (Å²) in [6.07, 6.45) is 1.57. The van der Waals surface area contributed by atoms with Gasteiger partial charge in [0.15, 0.2) is 23.2 Å². The van der Waals surface area contributed by atoms with E-state index in [0.717, 1.165) is 26.2 Å². The SMILES string of the molecule is Cc1cc2c(F)c(Oc3cc(N4CCN(C)CC4)nc(Nc4cc(-c5ccco5)[nH]n4)n3)c(F)cc2[nH]1. The topological polar surface area (TPSA) is 111 Å². The van der Waals surface area contributed by atoms with Crippen molar-refractivity contribution in [3.8, 4) is 23.1 Å². The summed E-state index contributed by atoms with van der Waals surface area (Å²) in [7, 11) is 2.05. The van der Waals surface area contributed by atoms with Crippen molar-refractivity contribution in [3.63, 3.8) is 0 Å². The number of hydrogen-bond acceptors (Lipinski definition) is 8. The van der Waals surface area contributed by atoms with E-state index in [2.05, 4.69) is 47.3 Å². The van der Waals surface area contributed by atoms with Gasteiger partial charge < -0.3 is 29.3 Å². The Balaban J connectivity index is 1.35. The number of benzene rings is 1. The van der Waals surface area contributed by atoms with E-state index in [1.165, 1.54) is 6.07 Å². The number of hydrogen-bond donors (Lipinski definition) is 3. The molecule has 0 radical (unpaired) electrons. The van der Waals surface area contributed by atoms with Gasteiger partial charge in [-0.15, -0.1) is 0 Å². The van der Waals surface area contributed by atoms with Crippen LogP contribution in [-0.2, 0) is 0 Å². The molecule has 6 rings (SSSR count). The lowest BCUT2D eigenvalue weighted by Crippen LogP contribution is -2.44. The van der Waals surface area contributed by atoms with E-state index in [1.54, 1.807) is 43.5 Å². The van der Waals surface area contributed by atoms with Crippen LogP contribution in [0.3, 0.4) is 0 Å². The number of nitrogens with zero attached hydrogens (tertiary/aromatic N) is 5. The fraction of sp³-hybridized carbons (Fsp3) is 0.240. The molecule has 0 amide bonds. The van der Waals surface area contributed by atoms with Crippen molar-refractivity contribution >= 4 is 28.5 Å². The zero-order valence-corrected chi connectivity index (χ0v) is 20.2. The van der Waals surface area contributed by atoms with Crippen molar-refractivity contribution in [2.24, 2.45) is 0 Å². The van der Waals surface area contributed by atoms with Gasteiger partial charge in [0.2, 0.25) is 17.6 Å². The Labute approximate surface area is 210 Å². The van der Waals surface area contributed by atoms with Crippen LogP contribution in [-0.4, -0.2) is 63.3 Å². The summed E-state index contributed by atoms with van der Waals surface area (Å²) < 4.78 is 41.2. The van der Waals surface area contributed by atoms with Crippen LogP contribution in [0, 0.1) is 18.6 Å².